The van der Waals surface area contributed by atoms with Crippen molar-refractivity contribution < 1.29 is 5.11 Å². The molecule has 0 aliphatic rings. The summed E-state index contributed by atoms with van der Waals surface area (Å²) in [5.74, 6) is 0. The van der Waals surface area contributed by atoms with Gasteiger partial charge in [0.25, 0.3) is 0 Å². The number of hydrogen-bond acceptors (Lipinski definition) is 1. The fourth-order valence-electron chi connectivity index (χ4n) is 2.31. The summed E-state index contributed by atoms with van der Waals surface area (Å²) in [5, 5.41) is 8.85. The predicted molar refractivity (Wildman–Crippen MR) is 86.0 cm³/mol. The molecule has 0 bridgehead atoms. The Kier molecular flexibility index (Phi) is 4.61. The molecular weight excluding hydrogens is 244 g/mol. The van der Waals surface area contributed by atoms with E-state index in [0.717, 1.165) is 12.8 Å². The molecule has 0 aromatic heterocycles. The normalized spacial score (nSPS) is 11.6. The van der Waals surface area contributed by atoms with Crippen LogP contribution in [0.4, 0.5) is 0 Å². The molecule has 0 saturated heterocycles. The summed E-state index contributed by atoms with van der Waals surface area (Å²) in [4.78, 5) is 0. The maximum Gasteiger partial charge on any atom is 0.0434 e. The van der Waals surface area contributed by atoms with E-state index in [9.17, 15) is 0 Å². The molecule has 0 atom stereocenters. The first kappa shape index (κ1) is 14.8. The number of aryl methyl sites for hydroxylation is 1. The molecule has 1 heteroatoms. The highest BCUT2D eigenvalue weighted by Crippen LogP contribution is 2.26. The molecule has 0 saturated carbocycles. The van der Waals surface area contributed by atoms with Gasteiger partial charge in [0.1, 0.15) is 0 Å². The average Bonchev–Trinajstić information content (AvgIpc) is 2.45. The van der Waals surface area contributed by atoms with E-state index in [2.05, 4.69) is 69.3 Å². The quantitative estimate of drug-likeness (QED) is 0.860. The zero-order chi connectivity index (χ0) is 14.6. The Morgan fingerprint density at radius 3 is 1.75 bits per heavy atom. The highest BCUT2D eigenvalue weighted by atomic mass is 16.2. The van der Waals surface area contributed by atoms with E-state index in [1.54, 1.807) is 0 Å². The van der Waals surface area contributed by atoms with Crippen molar-refractivity contribution in [1.29, 1.82) is 0 Å². The van der Waals surface area contributed by atoms with Gasteiger partial charge in [-0.3, -0.25) is 0 Å². The van der Waals surface area contributed by atoms with Gasteiger partial charge in [-0.25, -0.2) is 0 Å². The van der Waals surface area contributed by atoms with Gasteiger partial charge in [0, 0.05) is 6.61 Å². The van der Waals surface area contributed by atoms with Crippen LogP contribution in [-0.2, 0) is 11.8 Å². The van der Waals surface area contributed by atoms with E-state index >= 15 is 0 Å². The third-order valence-corrected chi connectivity index (χ3v) is 3.66. The van der Waals surface area contributed by atoms with Crippen molar-refractivity contribution in [2.75, 3.05) is 6.61 Å². The molecule has 0 unspecified atom stereocenters. The van der Waals surface area contributed by atoms with Gasteiger partial charge in [0.05, 0.1) is 0 Å². The lowest BCUT2D eigenvalue weighted by Gasteiger charge is -2.19. The van der Waals surface area contributed by atoms with Crippen molar-refractivity contribution in [1.82, 2.24) is 0 Å². The van der Waals surface area contributed by atoms with Crippen molar-refractivity contribution in [3.8, 4) is 11.1 Å². The van der Waals surface area contributed by atoms with Crippen molar-refractivity contribution in [2.24, 2.45) is 0 Å². The minimum Gasteiger partial charge on any atom is -0.396 e. The summed E-state index contributed by atoms with van der Waals surface area (Å²) >= 11 is 0. The first-order chi connectivity index (χ1) is 9.50. The van der Waals surface area contributed by atoms with Crippen LogP contribution in [0.2, 0.25) is 0 Å². The van der Waals surface area contributed by atoms with Gasteiger partial charge in [-0.05, 0) is 40.5 Å². The van der Waals surface area contributed by atoms with E-state index < -0.39 is 0 Å². The molecule has 20 heavy (non-hydrogen) atoms. The summed E-state index contributed by atoms with van der Waals surface area (Å²) in [6, 6.07) is 17.5. The van der Waals surface area contributed by atoms with Crippen LogP contribution in [0.3, 0.4) is 0 Å². The summed E-state index contributed by atoms with van der Waals surface area (Å²) in [5.41, 5.74) is 5.35. The van der Waals surface area contributed by atoms with Crippen molar-refractivity contribution >= 4 is 0 Å². The fourth-order valence-corrected chi connectivity index (χ4v) is 2.31. The predicted octanol–water partition coefficient (Wildman–Crippen LogP) is 4.58. The highest BCUT2D eigenvalue weighted by molar-refractivity contribution is 5.64. The summed E-state index contributed by atoms with van der Waals surface area (Å²) in [6.45, 7) is 6.96. The Hall–Kier alpha value is -1.60. The van der Waals surface area contributed by atoms with Crippen LogP contribution < -0.4 is 0 Å². The molecule has 0 amide bonds. The second-order valence-electron chi connectivity index (χ2n) is 6.35. The van der Waals surface area contributed by atoms with Gasteiger partial charge in [0.2, 0.25) is 0 Å². The maximum absolute atomic E-state index is 8.85. The Morgan fingerprint density at radius 1 is 0.800 bits per heavy atom. The number of aliphatic hydroxyl groups is 1. The molecule has 1 nitrogen and oxygen atoms in total. The first-order valence-corrected chi connectivity index (χ1v) is 7.31. The molecule has 0 aliphatic carbocycles. The van der Waals surface area contributed by atoms with E-state index in [1.807, 2.05) is 0 Å². The zero-order valence-corrected chi connectivity index (χ0v) is 12.7. The van der Waals surface area contributed by atoms with Crippen LogP contribution in [0.1, 0.15) is 38.3 Å². The SMILES string of the molecule is CC(C)(C)c1ccc(-c2ccc(CCCO)cc2)cc1. The van der Waals surface area contributed by atoms with Crippen LogP contribution in [0.25, 0.3) is 11.1 Å². The van der Waals surface area contributed by atoms with E-state index in [0.29, 0.717) is 0 Å². The maximum atomic E-state index is 8.85. The molecule has 0 heterocycles. The molecule has 2 aromatic rings. The van der Waals surface area contributed by atoms with Gasteiger partial charge < -0.3 is 5.11 Å². The Morgan fingerprint density at radius 2 is 1.30 bits per heavy atom. The Labute approximate surface area is 122 Å². The number of aliphatic hydroxyl groups excluding tert-OH is 1. The lowest BCUT2D eigenvalue weighted by Crippen LogP contribution is -2.10. The second-order valence-corrected chi connectivity index (χ2v) is 6.35. The van der Waals surface area contributed by atoms with Gasteiger partial charge in [0.15, 0.2) is 0 Å². The monoisotopic (exact) mass is 268 g/mol. The minimum atomic E-state index is 0.201. The zero-order valence-electron chi connectivity index (χ0n) is 12.7. The molecule has 0 aliphatic heterocycles. The fraction of sp³-hybridized carbons (Fsp3) is 0.368. The van der Waals surface area contributed by atoms with E-state index in [4.69, 9.17) is 5.11 Å². The smallest absolute Gasteiger partial charge is 0.0434 e. The second kappa shape index (κ2) is 6.23. The van der Waals surface area contributed by atoms with Crippen molar-refractivity contribution in [2.45, 2.75) is 39.0 Å². The van der Waals surface area contributed by atoms with Crippen LogP contribution in [-0.4, -0.2) is 11.7 Å². The number of hydrogen-bond donors (Lipinski definition) is 1. The first-order valence-electron chi connectivity index (χ1n) is 7.31. The van der Waals surface area contributed by atoms with E-state index in [-0.39, 0.29) is 12.0 Å². The number of benzene rings is 2. The van der Waals surface area contributed by atoms with Gasteiger partial charge in [-0.1, -0.05) is 69.3 Å². The molecule has 2 aromatic carbocycles. The topological polar surface area (TPSA) is 20.2 Å². The van der Waals surface area contributed by atoms with Gasteiger partial charge in [-0.15, -0.1) is 0 Å². The van der Waals surface area contributed by atoms with Gasteiger partial charge in [-0.2, -0.15) is 0 Å². The minimum absolute atomic E-state index is 0.201. The van der Waals surface area contributed by atoms with E-state index in [1.165, 1.54) is 22.3 Å². The molecular formula is C19H24O. The van der Waals surface area contributed by atoms with Crippen LogP contribution in [0.5, 0.6) is 0 Å². The Balaban J connectivity index is 2.15. The summed E-state index contributed by atoms with van der Waals surface area (Å²) in [7, 11) is 0. The lowest BCUT2D eigenvalue weighted by molar-refractivity contribution is 0.288. The van der Waals surface area contributed by atoms with Crippen molar-refractivity contribution in [3.05, 3.63) is 59.7 Å². The molecule has 2 rings (SSSR count). The van der Waals surface area contributed by atoms with Crippen LogP contribution in [0, 0.1) is 0 Å². The standard InChI is InChI=1S/C19H24O/c1-19(2,3)18-12-10-17(11-13-18)16-8-6-15(7-9-16)5-4-14-20/h6-13,20H,4-5,14H2,1-3H3. The summed E-state index contributed by atoms with van der Waals surface area (Å²) in [6.07, 6.45) is 1.78. The number of rotatable bonds is 4. The largest absolute Gasteiger partial charge is 0.396 e. The average molecular weight is 268 g/mol. The third kappa shape index (κ3) is 3.71. The van der Waals surface area contributed by atoms with Crippen molar-refractivity contribution in [3.63, 3.8) is 0 Å². The molecule has 0 radical (unpaired) electrons. The molecule has 1 N–H and O–H groups in total. The lowest BCUT2D eigenvalue weighted by atomic mass is 9.86. The highest BCUT2D eigenvalue weighted by Gasteiger charge is 2.12. The van der Waals surface area contributed by atoms with Crippen LogP contribution in [0.15, 0.2) is 48.5 Å². The van der Waals surface area contributed by atoms with Crippen LogP contribution >= 0.6 is 0 Å². The molecule has 106 valence electrons. The van der Waals surface area contributed by atoms with Gasteiger partial charge >= 0.3 is 0 Å². The molecule has 0 fully saturated rings. The Bertz CT molecular complexity index is 529. The summed E-state index contributed by atoms with van der Waals surface area (Å²) < 4.78 is 0. The third-order valence-electron chi connectivity index (χ3n) is 3.66. The molecule has 0 spiro atoms.